The number of nitro benzene ring substituents is 1. The van der Waals surface area contributed by atoms with Gasteiger partial charge >= 0.3 is 5.69 Å². The van der Waals surface area contributed by atoms with Crippen LogP contribution in [-0.2, 0) is 4.74 Å². The maximum absolute atomic E-state index is 11.1. The Bertz CT molecular complexity index is 524. The van der Waals surface area contributed by atoms with Gasteiger partial charge in [0, 0.05) is 19.2 Å². The van der Waals surface area contributed by atoms with Crippen molar-refractivity contribution >= 4 is 11.4 Å². The molecule has 0 N–H and O–H groups in total. The Balaban J connectivity index is 2.44. The summed E-state index contributed by atoms with van der Waals surface area (Å²) in [5.74, 6) is 0.686. The van der Waals surface area contributed by atoms with Crippen LogP contribution in [0.4, 0.5) is 11.4 Å². The number of morpholine rings is 1. The second-order valence-corrected chi connectivity index (χ2v) is 5.12. The molecule has 0 amide bonds. The number of benzene rings is 1. The fourth-order valence-corrected chi connectivity index (χ4v) is 2.63. The van der Waals surface area contributed by atoms with Crippen LogP contribution >= 0.6 is 0 Å². The average molecular weight is 296 g/mol. The number of anilines is 1. The van der Waals surface area contributed by atoms with Crippen molar-refractivity contribution in [1.82, 2.24) is 0 Å². The van der Waals surface area contributed by atoms with Crippen molar-refractivity contribution in [2.45, 2.75) is 26.1 Å². The molecular weight excluding hydrogens is 276 g/mol. The zero-order valence-electron chi connectivity index (χ0n) is 12.7. The summed E-state index contributed by atoms with van der Waals surface area (Å²) < 4.78 is 16.2. The molecule has 0 unspecified atom stereocenters. The first-order valence-corrected chi connectivity index (χ1v) is 6.77. The van der Waals surface area contributed by atoms with E-state index in [0.717, 1.165) is 5.69 Å². The van der Waals surface area contributed by atoms with Gasteiger partial charge in [0.25, 0.3) is 0 Å². The molecule has 116 valence electrons. The molecule has 7 heteroatoms. The quantitative estimate of drug-likeness (QED) is 0.626. The van der Waals surface area contributed by atoms with E-state index in [1.165, 1.54) is 20.3 Å². The lowest BCUT2D eigenvalue weighted by Gasteiger charge is -2.37. The second kappa shape index (κ2) is 6.17. The van der Waals surface area contributed by atoms with E-state index in [1.807, 2.05) is 13.8 Å². The smallest absolute Gasteiger partial charge is 0.314 e. The average Bonchev–Trinajstić information content (AvgIpc) is 2.44. The summed E-state index contributed by atoms with van der Waals surface area (Å²) in [5, 5.41) is 11.1. The van der Waals surface area contributed by atoms with Gasteiger partial charge in [-0.2, -0.15) is 0 Å². The molecule has 1 aliphatic heterocycles. The SMILES string of the molecule is COc1cc([N+](=O)[O-])c(OC)cc1N1C[C@H](C)O[C@@H](C)C1. The van der Waals surface area contributed by atoms with E-state index in [-0.39, 0.29) is 23.6 Å². The number of ether oxygens (including phenoxy) is 3. The Morgan fingerprint density at radius 2 is 1.76 bits per heavy atom. The minimum Gasteiger partial charge on any atom is -0.494 e. The summed E-state index contributed by atoms with van der Waals surface area (Å²) in [6.45, 7) is 5.39. The molecule has 0 aromatic heterocycles. The van der Waals surface area contributed by atoms with Crippen LogP contribution in [0.1, 0.15) is 13.8 Å². The maximum Gasteiger partial charge on any atom is 0.314 e. The van der Waals surface area contributed by atoms with Gasteiger partial charge < -0.3 is 19.1 Å². The fraction of sp³-hybridized carbons (Fsp3) is 0.571. The number of nitro groups is 1. The van der Waals surface area contributed by atoms with Crippen LogP contribution < -0.4 is 14.4 Å². The Morgan fingerprint density at radius 1 is 1.19 bits per heavy atom. The number of methoxy groups -OCH3 is 2. The van der Waals surface area contributed by atoms with Crippen LogP contribution in [0.2, 0.25) is 0 Å². The van der Waals surface area contributed by atoms with Crippen molar-refractivity contribution in [3.63, 3.8) is 0 Å². The van der Waals surface area contributed by atoms with Gasteiger partial charge in [-0.05, 0) is 13.8 Å². The summed E-state index contributed by atoms with van der Waals surface area (Å²) in [5.41, 5.74) is 0.675. The molecule has 0 bridgehead atoms. The first-order valence-electron chi connectivity index (χ1n) is 6.77. The van der Waals surface area contributed by atoms with Crippen molar-refractivity contribution in [2.75, 3.05) is 32.2 Å². The van der Waals surface area contributed by atoms with Gasteiger partial charge in [0.2, 0.25) is 0 Å². The van der Waals surface area contributed by atoms with E-state index >= 15 is 0 Å². The molecule has 2 atom stereocenters. The van der Waals surface area contributed by atoms with E-state index in [1.54, 1.807) is 6.07 Å². The molecule has 0 radical (unpaired) electrons. The van der Waals surface area contributed by atoms with Gasteiger partial charge in [-0.1, -0.05) is 0 Å². The molecule has 0 aliphatic carbocycles. The third-order valence-electron chi connectivity index (χ3n) is 3.44. The highest BCUT2D eigenvalue weighted by molar-refractivity contribution is 5.68. The first kappa shape index (κ1) is 15.4. The van der Waals surface area contributed by atoms with Gasteiger partial charge in [-0.25, -0.2) is 0 Å². The van der Waals surface area contributed by atoms with Gasteiger partial charge in [-0.3, -0.25) is 10.1 Å². The highest BCUT2D eigenvalue weighted by Crippen LogP contribution is 2.40. The van der Waals surface area contributed by atoms with Gasteiger partial charge in [0.1, 0.15) is 5.75 Å². The largest absolute Gasteiger partial charge is 0.494 e. The molecule has 1 heterocycles. The van der Waals surface area contributed by atoms with Gasteiger partial charge in [0.15, 0.2) is 5.75 Å². The van der Waals surface area contributed by atoms with Crippen molar-refractivity contribution in [3.05, 3.63) is 22.2 Å². The zero-order valence-corrected chi connectivity index (χ0v) is 12.7. The minimum atomic E-state index is -0.476. The number of nitrogens with zero attached hydrogens (tertiary/aromatic N) is 2. The Morgan fingerprint density at radius 3 is 2.24 bits per heavy atom. The van der Waals surface area contributed by atoms with E-state index in [0.29, 0.717) is 18.8 Å². The van der Waals surface area contributed by atoms with E-state index in [9.17, 15) is 10.1 Å². The van der Waals surface area contributed by atoms with Crippen molar-refractivity contribution in [2.24, 2.45) is 0 Å². The number of hydrogen-bond donors (Lipinski definition) is 0. The molecule has 1 fully saturated rings. The van der Waals surface area contributed by atoms with E-state index in [4.69, 9.17) is 14.2 Å². The van der Waals surface area contributed by atoms with Crippen molar-refractivity contribution < 1.29 is 19.1 Å². The summed E-state index contributed by atoms with van der Waals surface area (Å²) >= 11 is 0. The lowest BCUT2D eigenvalue weighted by molar-refractivity contribution is -0.385. The van der Waals surface area contributed by atoms with Crippen LogP contribution in [0.25, 0.3) is 0 Å². The molecule has 1 aliphatic rings. The molecule has 1 saturated heterocycles. The Labute approximate surface area is 123 Å². The third kappa shape index (κ3) is 3.18. The van der Waals surface area contributed by atoms with E-state index in [2.05, 4.69) is 4.90 Å². The summed E-state index contributed by atoms with van der Waals surface area (Å²) in [7, 11) is 2.92. The molecule has 7 nitrogen and oxygen atoms in total. The lowest BCUT2D eigenvalue weighted by atomic mass is 10.1. The summed E-state index contributed by atoms with van der Waals surface area (Å²) in [6, 6.07) is 3.06. The zero-order chi connectivity index (χ0) is 15.6. The highest BCUT2D eigenvalue weighted by atomic mass is 16.6. The summed E-state index contributed by atoms with van der Waals surface area (Å²) in [4.78, 5) is 12.7. The minimum absolute atomic E-state index is 0.0830. The molecule has 21 heavy (non-hydrogen) atoms. The second-order valence-electron chi connectivity index (χ2n) is 5.12. The van der Waals surface area contributed by atoms with Gasteiger partial charge in [-0.15, -0.1) is 0 Å². The molecule has 2 rings (SSSR count). The van der Waals surface area contributed by atoms with Crippen LogP contribution in [-0.4, -0.2) is 44.4 Å². The Hall–Kier alpha value is -2.02. The predicted molar refractivity (Wildman–Crippen MR) is 78.4 cm³/mol. The summed E-state index contributed by atoms with van der Waals surface area (Å²) in [6.07, 6.45) is 0.166. The fourth-order valence-electron chi connectivity index (χ4n) is 2.63. The van der Waals surface area contributed by atoms with Crippen LogP contribution in [0.15, 0.2) is 12.1 Å². The molecule has 1 aromatic carbocycles. The molecule has 0 spiro atoms. The first-order chi connectivity index (χ1) is 9.96. The predicted octanol–water partition coefficient (Wildman–Crippen LogP) is 2.23. The van der Waals surface area contributed by atoms with Crippen molar-refractivity contribution in [3.8, 4) is 11.5 Å². The highest BCUT2D eigenvalue weighted by Gasteiger charge is 2.27. The van der Waals surface area contributed by atoms with Crippen LogP contribution in [0.5, 0.6) is 11.5 Å². The van der Waals surface area contributed by atoms with Crippen LogP contribution in [0.3, 0.4) is 0 Å². The monoisotopic (exact) mass is 296 g/mol. The third-order valence-corrected chi connectivity index (χ3v) is 3.44. The topological polar surface area (TPSA) is 74.1 Å². The molecular formula is C14H20N2O5. The normalized spacial score (nSPS) is 22.0. The van der Waals surface area contributed by atoms with Crippen molar-refractivity contribution in [1.29, 1.82) is 0 Å². The molecule has 0 saturated carbocycles. The van der Waals surface area contributed by atoms with Crippen LogP contribution in [0, 0.1) is 10.1 Å². The van der Waals surface area contributed by atoms with E-state index < -0.39 is 4.92 Å². The van der Waals surface area contributed by atoms with Gasteiger partial charge in [0.05, 0.1) is 43.1 Å². The Kier molecular flexibility index (Phi) is 4.52. The standard InChI is InChI=1S/C14H20N2O5/c1-9-7-15(8-10(2)21-9)11-5-14(20-4)12(16(17)18)6-13(11)19-3/h5-6,9-10H,7-8H2,1-4H3/t9-,10-/m0/s1. The number of rotatable bonds is 4. The maximum atomic E-state index is 11.1. The number of hydrogen-bond acceptors (Lipinski definition) is 6. The lowest BCUT2D eigenvalue weighted by Crippen LogP contribution is -2.45. The molecule has 1 aromatic rings.